The van der Waals surface area contributed by atoms with Gasteiger partial charge in [-0.1, -0.05) is 13.8 Å². The Balaban J connectivity index is 2.34. The minimum absolute atomic E-state index is 0.0416. The smallest absolute Gasteiger partial charge is 0.335 e. The number of amides is 1. The second-order valence-corrected chi connectivity index (χ2v) is 4.54. The van der Waals surface area contributed by atoms with Crippen LogP contribution in [-0.2, 0) is 11.2 Å². The molecule has 1 aliphatic rings. The molecular formula is C13H15NO3. The first-order valence-electron chi connectivity index (χ1n) is 5.68. The Kier molecular flexibility index (Phi) is 2.88. The minimum atomic E-state index is -0.929. The molecule has 0 bridgehead atoms. The van der Waals surface area contributed by atoms with Gasteiger partial charge in [-0.3, -0.25) is 4.79 Å². The van der Waals surface area contributed by atoms with E-state index in [1.54, 1.807) is 23.1 Å². The van der Waals surface area contributed by atoms with Crippen LogP contribution in [0.5, 0.6) is 0 Å². The van der Waals surface area contributed by atoms with Gasteiger partial charge >= 0.3 is 5.97 Å². The number of benzene rings is 1. The van der Waals surface area contributed by atoms with Crippen LogP contribution in [-0.4, -0.2) is 23.5 Å². The maximum absolute atomic E-state index is 11.9. The van der Waals surface area contributed by atoms with Crippen molar-refractivity contribution in [1.29, 1.82) is 0 Å². The standard InChI is InChI=1S/C13H15NO3/c1-8(2)12(15)14-6-5-9-7-10(13(16)17)3-4-11(9)14/h3-4,7-8H,5-6H2,1-2H3,(H,16,17). The molecule has 0 radical (unpaired) electrons. The van der Waals surface area contributed by atoms with Gasteiger partial charge in [-0.05, 0) is 30.2 Å². The van der Waals surface area contributed by atoms with Gasteiger partial charge in [-0.15, -0.1) is 0 Å². The first-order chi connectivity index (χ1) is 8.00. The number of carboxylic acids is 1. The van der Waals surface area contributed by atoms with Crippen molar-refractivity contribution < 1.29 is 14.7 Å². The van der Waals surface area contributed by atoms with Gasteiger partial charge in [-0.2, -0.15) is 0 Å². The highest BCUT2D eigenvalue weighted by Crippen LogP contribution is 2.29. The van der Waals surface area contributed by atoms with E-state index in [1.165, 1.54) is 0 Å². The normalized spacial score (nSPS) is 13.9. The molecule has 4 nitrogen and oxygen atoms in total. The average molecular weight is 233 g/mol. The Morgan fingerprint density at radius 3 is 2.65 bits per heavy atom. The number of rotatable bonds is 2. The van der Waals surface area contributed by atoms with Gasteiger partial charge in [0.25, 0.3) is 0 Å². The molecule has 4 heteroatoms. The predicted octanol–water partition coefficient (Wildman–Crippen LogP) is 1.93. The monoisotopic (exact) mass is 233 g/mol. The van der Waals surface area contributed by atoms with Gasteiger partial charge in [0.2, 0.25) is 5.91 Å². The molecule has 1 heterocycles. The molecule has 0 saturated carbocycles. The van der Waals surface area contributed by atoms with Crippen molar-refractivity contribution in [3.63, 3.8) is 0 Å². The molecule has 0 unspecified atom stereocenters. The summed E-state index contributed by atoms with van der Waals surface area (Å²) in [7, 11) is 0. The van der Waals surface area contributed by atoms with Crippen molar-refractivity contribution in [1.82, 2.24) is 0 Å². The molecule has 1 amide bonds. The largest absolute Gasteiger partial charge is 0.478 e. The maximum Gasteiger partial charge on any atom is 0.335 e. The van der Waals surface area contributed by atoms with Crippen LogP contribution >= 0.6 is 0 Å². The summed E-state index contributed by atoms with van der Waals surface area (Å²) in [5.74, 6) is -0.881. The molecular weight excluding hydrogens is 218 g/mol. The molecule has 2 rings (SSSR count). The fourth-order valence-corrected chi connectivity index (χ4v) is 2.08. The molecule has 0 aromatic heterocycles. The number of carbonyl (C=O) groups is 2. The van der Waals surface area contributed by atoms with E-state index in [4.69, 9.17) is 5.11 Å². The molecule has 90 valence electrons. The van der Waals surface area contributed by atoms with Gasteiger partial charge < -0.3 is 10.0 Å². The van der Waals surface area contributed by atoms with E-state index >= 15 is 0 Å². The van der Waals surface area contributed by atoms with E-state index in [0.717, 1.165) is 17.7 Å². The van der Waals surface area contributed by atoms with E-state index in [0.29, 0.717) is 6.54 Å². The number of carboxylic acid groups (broad SMARTS) is 1. The van der Waals surface area contributed by atoms with Gasteiger partial charge in [0, 0.05) is 18.2 Å². The third-order valence-electron chi connectivity index (χ3n) is 2.98. The Bertz CT molecular complexity index is 480. The topological polar surface area (TPSA) is 57.6 Å². The second kappa shape index (κ2) is 4.20. The fourth-order valence-electron chi connectivity index (χ4n) is 2.08. The number of carbonyl (C=O) groups excluding carboxylic acids is 1. The van der Waals surface area contributed by atoms with Crippen molar-refractivity contribution in [3.8, 4) is 0 Å². The zero-order valence-electron chi connectivity index (χ0n) is 9.93. The third-order valence-corrected chi connectivity index (χ3v) is 2.98. The lowest BCUT2D eigenvalue weighted by Gasteiger charge is -2.19. The van der Waals surface area contributed by atoms with E-state index < -0.39 is 5.97 Å². The van der Waals surface area contributed by atoms with Gasteiger partial charge in [0.15, 0.2) is 0 Å². The highest BCUT2D eigenvalue weighted by Gasteiger charge is 2.26. The van der Waals surface area contributed by atoms with E-state index in [-0.39, 0.29) is 17.4 Å². The van der Waals surface area contributed by atoms with Crippen LogP contribution in [0.25, 0.3) is 0 Å². The lowest BCUT2D eigenvalue weighted by Crippen LogP contribution is -2.32. The summed E-state index contributed by atoms with van der Waals surface area (Å²) < 4.78 is 0. The highest BCUT2D eigenvalue weighted by molar-refractivity contribution is 5.97. The summed E-state index contributed by atoms with van der Waals surface area (Å²) in [4.78, 5) is 24.5. The van der Waals surface area contributed by atoms with Crippen LogP contribution in [0.15, 0.2) is 18.2 Å². The van der Waals surface area contributed by atoms with E-state index in [9.17, 15) is 9.59 Å². The maximum atomic E-state index is 11.9. The lowest BCUT2D eigenvalue weighted by molar-refractivity contribution is -0.121. The quantitative estimate of drug-likeness (QED) is 0.849. The Morgan fingerprint density at radius 1 is 1.35 bits per heavy atom. The number of aromatic carboxylic acids is 1. The Labute approximate surface area is 99.9 Å². The SMILES string of the molecule is CC(C)C(=O)N1CCc2cc(C(=O)O)ccc21. The van der Waals surface area contributed by atoms with E-state index in [1.807, 2.05) is 13.8 Å². The molecule has 1 aliphatic heterocycles. The molecule has 0 atom stereocenters. The number of fused-ring (bicyclic) bond motifs is 1. The molecule has 0 fully saturated rings. The van der Waals surface area contributed by atoms with Crippen molar-refractivity contribution in [2.24, 2.45) is 5.92 Å². The van der Waals surface area contributed by atoms with Crippen molar-refractivity contribution in [2.75, 3.05) is 11.4 Å². The number of hydrogen-bond acceptors (Lipinski definition) is 2. The summed E-state index contributed by atoms with van der Waals surface area (Å²) in [5, 5.41) is 8.90. The lowest BCUT2D eigenvalue weighted by atomic mass is 10.1. The first-order valence-corrected chi connectivity index (χ1v) is 5.68. The first kappa shape index (κ1) is 11.6. The predicted molar refractivity (Wildman–Crippen MR) is 64.3 cm³/mol. The summed E-state index contributed by atoms with van der Waals surface area (Å²) in [5.41, 5.74) is 2.08. The summed E-state index contributed by atoms with van der Waals surface area (Å²) in [6.45, 7) is 4.38. The van der Waals surface area contributed by atoms with Crippen LogP contribution in [0.3, 0.4) is 0 Å². The van der Waals surface area contributed by atoms with Gasteiger partial charge in [0.05, 0.1) is 5.56 Å². The number of hydrogen-bond donors (Lipinski definition) is 1. The summed E-state index contributed by atoms with van der Waals surface area (Å²) >= 11 is 0. The molecule has 1 N–H and O–H groups in total. The summed E-state index contributed by atoms with van der Waals surface area (Å²) in [6, 6.07) is 4.93. The van der Waals surface area contributed by atoms with Crippen LogP contribution in [0.1, 0.15) is 29.8 Å². The minimum Gasteiger partial charge on any atom is -0.478 e. The molecule has 0 spiro atoms. The molecule has 17 heavy (non-hydrogen) atoms. The number of nitrogens with zero attached hydrogens (tertiary/aromatic N) is 1. The molecule has 1 aromatic carbocycles. The van der Waals surface area contributed by atoms with Crippen molar-refractivity contribution >= 4 is 17.6 Å². The fraction of sp³-hybridized carbons (Fsp3) is 0.385. The van der Waals surface area contributed by atoms with Crippen LogP contribution in [0.2, 0.25) is 0 Å². The van der Waals surface area contributed by atoms with Gasteiger partial charge in [-0.25, -0.2) is 4.79 Å². The Morgan fingerprint density at radius 2 is 2.06 bits per heavy atom. The molecule has 0 aliphatic carbocycles. The highest BCUT2D eigenvalue weighted by atomic mass is 16.4. The average Bonchev–Trinajstić information content (AvgIpc) is 2.70. The van der Waals surface area contributed by atoms with Gasteiger partial charge in [0.1, 0.15) is 0 Å². The third kappa shape index (κ3) is 2.02. The zero-order valence-corrected chi connectivity index (χ0v) is 9.93. The number of anilines is 1. The van der Waals surface area contributed by atoms with Crippen molar-refractivity contribution in [3.05, 3.63) is 29.3 Å². The van der Waals surface area contributed by atoms with Crippen molar-refractivity contribution in [2.45, 2.75) is 20.3 Å². The molecule has 1 aromatic rings. The second-order valence-electron chi connectivity index (χ2n) is 4.54. The summed E-state index contributed by atoms with van der Waals surface area (Å²) in [6.07, 6.45) is 0.731. The van der Waals surface area contributed by atoms with E-state index in [2.05, 4.69) is 0 Å². The van der Waals surface area contributed by atoms with Crippen LogP contribution < -0.4 is 4.90 Å². The molecule has 0 saturated heterocycles. The zero-order chi connectivity index (χ0) is 12.6. The van der Waals surface area contributed by atoms with Crippen LogP contribution in [0.4, 0.5) is 5.69 Å². The Hall–Kier alpha value is -1.84. The van der Waals surface area contributed by atoms with Crippen LogP contribution in [0, 0.1) is 5.92 Å².